The van der Waals surface area contributed by atoms with Crippen molar-refractivity contribution in [3.8, 4) is 0 Å². The van der Waals surface area contributed by atoms with Crippen LogP contribution in [0, 0.1) is 5.41 Å². The average molecular weight is 377 g/mol. The molecule has 2 aromatic rings. The summed E-state index contributed by atoms with van der Waals surface area (Å²) in [5.41, 5.74) is -1.47. The van der Waals surface area contributed by atoms with Crippen LogP contribution in [0.1, 0.15) is 26.2 Å². The molecule has 0 saturated carbocycles. The van der Waals surface area contributed by atoms with E-state index in [0.717, 1.165) is 5.39 Å². The maximum atomic E-state index is 13.3. The van der Waals surface area contributed by atoms with Crippen LogP contribution in [0.3, 0.4) is 0 Å². The molecular formula is C19H23NO5S. The Bertz CT molecular complexity index is 921. The second kappa shape index (κ2) is 6.98. The first-order valence-electron chi connectivity index (χ1n) is 8.72. The quantitative estimate of drug-likeness (QED) is 0.835. The fraction of sp³-hybridized carbons (Fsp3) is 0.421. The molecule has 2 aromatic carbocycles. The van der Waals surface area contributed by atoms with Gasteiger partial charge in [-0.1, -0.05) is 49.7 Å². The topological polar surface area (TPSA) is 94.9 Å². The molecule has 0 bridgehead atoms. The van der Waals surface area contributed by atoms with Crippen LogP contribution in [-0.2, 0) is 14.8 Å². The van der Waals surface area contributed by atoms with Crippen molar-refractivity contribution in [1.82, 2.24) is 4.31 Å². The van der Waals surface area contributed by atoms with E-state index in [1.807, 2.05) is 25.1 Å². The molecule has 0 amide bonds. The molecule has 0 unspecified atom stereocenters. The number of carboxylic acid groups (broad SMARTS) is 1. The zero-order valence-corrected chi connectivity index (χ0v) is 15.4. The number of aliphatic carboxylic acids is 1. The van der Waals surface area contributed by atoms with Crippen LogP contribution in [0.25, 0.3) is 10.8 Å². The van der Waals surface area contributed by atoms with E-state index in [9.17, 15) is 23.4 Å². The number of carbonyl (C=O) groups is 1. The fourth-order valence-corrected chi connectivity index (χ4v) is 5.55. The Balaban J connectivity index is 2.05. The molecule has 0 radical (unpaired) electrons. The summed E-state index contributed by atoms with van der Waals surface area (Å²) in [7, 11) is -3.88. The van der Waals surface area contributed by atoms with Gasteiger partial charge in [0.2, 0.25) is 10.0 Å². The van der Waals surface area contributed by atoms with Crippen molar-refractivity contribution >= 4 is 26.8 Å². The lowest BCUT2D eigenvalue weighted by atomic mass is 9.74. The van der Waals surface area contributed by atoms with E-state index in [-0.39, 0.29) is 30.8 Å². The fourth-order valence-electron chi connectivity index (χ4n) is 3.82. The first-order valence-corrected chi connectivity index (χ1v) is 10.2. The van der Waals surface area contributed by atoms with Crippen molar-refractivity contribution in [2.75, 3.05) is 13.1 Å². The van der Waals surface area contributed by atoms with Gasteiger partial charge in [0.05, 0.1) is 11.0 Å². The number of rotatable bonds is 5. The summed E-state index contributed by atoms with van der Waals surface area (Å²) >= 11 is 0. The lowest BCUT2D eigenvalue weighted by Gasteiger charge is -2.42. The van der Waals surface area contributed by atoms with Gasteiger partial charge in [-0.05, 0) is 24.3 Å². The molecule has 7 heteroatoms. The Hall–Kier alpha value is -1.96. The van der Waals surface area contributed by atoms with Crippen LogP contribution < -0.4 is 0 Å². The third-order valence-electron chi connectivity index (χ3n) is 5.24. The zero-order chi connectivity index (χ0) is 18.9. The number of aliphatic hydroxyl groups is 1. The van der Waals surface area contributed by atoms with Gasteiger partial charge in [-0.15, -0.1) is 0 Å². The summed E-state index contributed by atoms with van der Waals surface area (Å²) in [5.74, 6) is -1.15. The highest BCUT2D eigenvalue weighted by atomic mass is 32.2. The number of nitrogens with zero attached hydrogens (tertiary/aromatic N) is 1. The standard InChI is InChI=1S/C19H23NO5S/c1-2-11-19(18(22)23)13-20(12-10-17(19)21)26(24,25)16-9-5-7-14-6-3-4-8-15(14)16/h3-9,17,21H,2,10-13H2,1H3,(H,22,23)/t17-,19+/m1/s1. The SMILES string of the molecule is CCC[C@]1(C(=O)O)CN(S(=O)(=O)c2cccc3ccccc23)CC[C@H]1O. The van der Waals surface area contributed by atoms with Gasteiger partial charge in [-0.2, -0.15) is 4.31 Å². The summed E-state index contributed by atoms with van der Waals surface area (Å²) in [6.45, 7) is 1.71. The van der Waals surface area contributed by atoms with Crippen LogP contribution in [0.4, 0.5) is 0 Å². The van der Waals surface area contributed by atoms with Crippen molar-refractivity contribution in [2.45, 2.75) is 37.2 Å². The van der Waals surface area contributed by atoms with Crippen molar-refractivity contribution in [1.29, 1.82) is 0 Å². The van der Waals surface area contributed by atoms with E-state index in [1.165, 1.54) is 4.31 Å². The molecule has 1 aliphatic heterocycles. The minimum atomic E-state index is -3.88. The maximum Gasteiger partial charge on any atom is 0.313 e. The second-order valence-corrected chi connectivity index (χ2v) is 8.74. The van der Waals surface area contributed by atoms with E-state index in [0.29, 0.717) is 11.8 Å². The van der Waals surface area contributed by atoms with Gasteiger partial charge in [0.25, 0.3) is 0 Å². The summed E-state index contributed by atoms with van der Waals surface area (Å²) < 4.78 is 27.8. The van der Waals surface area contributed by atoms with Crippen molar-refractivity contribution in [3.05, 3.63) is 42.5 Å². The predicted molar refractivity (Wildman–Crippen MR) is 98.3 cm³/mol. The molecule has 140 valence electrons. The second-order valence-electron chi connectivity index (χ2n) is 6.83. The number of aliphatic hydroxyl groups excluding tert-OH is 1. The molecule has 0 aliphatic carbocycles. The van der Waals surface area contributed by atoms with Crippen molar-refractivity contribution in [3.63, 3.8) is 0 Å². The van der Waals surface area contributed by atoms with E-state index < -0.39 is 27.5 Å². The largest absolute Gasteiger partial charge is 0.481 e. The van der Waals surface area contributed by atoms with E-state index in [1.54, 1.807) is 24.3 Å². The molecule has 2 atom stereocenters. The Morgan fingerprint density at radius 3 is 2.62 bits per heavy atom. The summed E-state index contributed by atoms with van der Waals surface area (Å²) in [5, 5.41) is 21.5. The van der Waals surface area contributed by atoms with Crippen LogP contribution in [0.15, 0.2) is 47.4 Å². The number of sulfonamides is 1. The third-order valence-corrected chi connectivity index (χ3v) is 7.14. The van der Waals surface area contributed by atoms with Gasteiger partial charge in [-0.3, -0.25) is 4.79 Å². The van der Waals surface area contributed by atoms with Crippen LogP contribution in [-0.4, -0.2) is 48.1 Å². The molecule has 1 heterocycles. The lowest BCUT2D eigenvalue weighted by Crippen LogP contribution is -2.57. The van der Waals surface area contributed by atoms with Gasteiger partial charge in [0.15, 0.2) is 0 Å². The highest BCUT2D eigenvalue weighted by Gasteiger charge is 2.51. The summed E-state index contributed by atoms with van der Waals surface area (Å²) in [4.78, 5) is 12.1. The summed E-state index contributed by atoms with van der Waals surface area (Å²) in [6, 6.07) is 12.3. The molecule has 1 saturated heterocycles. The van der Waals surface area contributed by atoms with Gasteiger partial charge in [-0.25, -0.2) is 8.42 Å². The number of hydrogen-bond acceptors (Lipinski definition) is 4. The average Bonchev–Trinajstić information content (AvgIpc) is 2.62. The molecule has 6 nitrogen and oxygen atoms in total. The minimum Gasteiger partial charge on any atom is -0.481 e. The van der Waals surface area contributed by atoms with Gasteiger partial charge in [0.1, 0.15) is 5.41 Å². The van der Waals surface area contributed by atoms with Crippen LogP contribution >= 0.6 is 0 Å². The van der Waals surface area contributed by atoms with E-state index in [4.69, 9.17) is 0 Å². The van der Waals surface area contributed by atoms with Gasteiger partial charge < -0.3 is 10.2 Å². The molecule has 2 N–H and O–H groups in total. The number of fused-ring (bicyclic) bond motifs is 1. The Morgan fingerprint density at radius 1 is 1.23 bits per heavy atom. The molecule has 0 spiro atoms. The smallest absolute Gasteiger partial charge is 0.313 e. The van der Waals surface area contributed by atoms with Crippen LogP contribution in [0.5, 0.6) is 0 Å². The predicted octanol–water partition coefficient (Wildman–Crippen LogP) is 2.47. The highest BCUT2D eigenvalue weighted by molar-refractivity contribution is 7.89. The van der Waals surface area contributed by atoms with E-state index in [2.05, 4.69) is 0 Å². The number of piperidine rings is 1. The number of carboxylic acids is 1. The first kappa shape index (κ1) is 18.8. The van der Waals surface area contributed by atoms with Crippen molar-refractivity contribution < 1.29 is 23.4 Å². The summed E-state index contributed by atoms with van der Waals surface area (Å²) in [6.07, 6.45) is -0.175. The Kier molecular flexibility index (Phi) is 5.05. The van der Waals surface area contributed by atoms with Gasteiger partial charge in [0, 0.05) is 18.5 Å². The first-order chi connectivity index (χ1) is 12.3. The van der Waals surface area contributed by atoms with Crippen molar-refractivity contribution in [2.24, 2.45) is 5.41 Å². The minimum absolute atomic E-state index is 0.103. The third kappa shape index (κ3) is 3.00. The molecule has 1 aliphatic rings. The molecule has 1 fully saturated rings. The van der Waals surface area contributed by atoms with E-state index >= 15 is 0 Å². The van der Waals surface area contributed by atoms with Gasteiger partial charge >= 0.3 is 5.97 Å². The Morgan fingerprint density at radius 2 is 1.92 bits per heavy atom. The number of hydrogen-bond donors (Lipinski definition) is 2. The lowest BCUT2D eigenvalue weighted by molar-refractivity contribution is -0.161. The highest BCUT2D eigenvalue weighted by Crippen LogP contribution is 2.38. The monoisotopic (exact) mass is 377 g/mol. The molecule has 3 rings (SSSR count). The molecule has 0 aromatic heterocycles. The zero-order valence-electron chi connectivity index (χ0n) is 14.6. The number of benzene rings is 2. The molecular weight excluding hydrogens is 354 g/mol. The maximum absolute atomic E-state index is 13.3. The van der Waals surface area contributed by atoms with Crippen LogP contribution in [0.2, 0.25) is 0 Å². The normalized spacial score (nSPS) is 24.6. The molecule has 26 heavy (non-hydrogen) atoms. The Labute approximate surface area is 153 Å².